The van der Waals surface area contributed by atoms with Crippen LogP contribution in [-0.2, 0) is 9.59 Å². The van der Waals surface area contributed by atoms with Crippen molar-refractivity contribution in [3.63, 3.8) is 0 Å². The van der Waals surface area contributed by atoms with Gasteiger partial charge in [-0.2, -0.15) is 5.01 Å². The molecular weight excluding hydrogens is 472 g/mol. The van der Waals surface area contributed by atoms with Crippen LogP contribution in [0.5, 0.6) is 0 Å². The Morgan fingerprint density at radius 2 is 1.58 bits per heavy atom. The molecule has 4 rings (SSSR count). The molecular formula is C24H20N4O8. The molecule has 0 radical (unpaired) electrons. The summed E-state index contributed by atoms with van der Waals surface area (Å²) < 4.78 is 0. The number of hydrogen-bond acceptors (Lipinski definition) is 8. The van der Waals surface area contributed by atoms with Crippen LogP contribution < -0.4 is 0 Å². The number of ketones is 1. The second-order valence-electron chi connectivity index (χ2n) is 8.59. The van der Waals surface area contributed by atoms with Crippen LogP contribution in [0.15, 0.2) is 60.2 Å². The van der Waals surface area contributed by atoms with Gasteiger partial charge in [0.2, 0.25) is 0 Å². The number of carbonyl (C=O) groups excluding carboxylic acids is 4. The summed E-state index contributed by atoms with van der Waals surface area (Å²) >= 11 is 0. The lowest BCUT2D eigenvalue weighted by Crippen LogP contribution is -2.52. The first-order valence-corrected chi connectivity index (χ1v) is 11.0. The minimum atomic E-state index is -0.945. The molecule has 0 unspecified atom stereocenters. The van der Waals surface area contributed by atoms with E-state index in [1.165, 1.54) is 30.3 Å². The molecule has 0 aromatic heterocycles. The number of amides is 3. The van der Waals surface area contributed by atoms with Gasteiger partial charge in [0.15, 0.2) is 5.78 Å². The van der Waals surface area contributed by atoms with Crippen molar-refractivity contribution >= 4 is 34.9 Å². The largest absolute Gasteiger partial charge is 0.292 e. The molecule has 3 amide bonds. The molecule has 1 fully saturated rings. The smallest absolute Gasteiger partial charge is 0.273 e. The molecule has 1 saturated heterocycles. The molecule has 0 saturated carbocycles. The summed E-state index contributed by atoms with van der Waals surface area (Å²) in [4.78, 5) is 73.8. The highest BCUT2D eigenvalue weighted by molar-refractivity contribution is 6.10. The number of Topliss-reactive ketones (excluding diaryl/α,β-unsaturated/α-hetero) is 1. The summed E-state index contributed by atoms with van der Waals surface area (Å²) in [5.41, 5.74) is 0.137. The second kappa shape index (κ2) is 9.49. The number of carbonyl (C=O) groups is 4. The first kappa shape index (κ1) is 24.4. The van der Waals surface area contributed by atoms with Crippen molar-refractivity contribution in [2.75, 3.05) is 6.54 Å². The predicted octanol–water partition coefficient (Wildman–Crippen LogP) is 3.08. The van der Waals surface area contributed by atoms with Gasteiger partial charge in [0, 0.05) is 35.4 Å². The van der Waals surface area contributed by atoms with Crippen LogP contribution in [0.2, 0.25) is 0 Å². The zero-order chi connectivity index (χ0) is 26.1. The fourth-order valence-electron chi connectivity index (χ4n) is 4.39. The van der Waals surface area contributed by atoms with Crippen LogP contribution in [0.1, 0.15) is 40.5 Å². The average Bonchev–Trinajstić information content (AvgIpc) is 3.11. The molecule has 184 valence electrons. The zero-order valence-corrected chi connectivity index (χ0v) is 19.0. The number of fused-ring (bicyclic) bond motifs is 1. The van der Waals surface area contributed by atoms with Gasteiger partial charge in [-0.3, -0.25) is 39.4 Å². The van der Waals surface area contributed by atoms with Crippen molar-refractivity contribution in [2.24, 2.45) is 11.8 Å². The normalized spacial score (nSPS) is 18.9. The average molecular weight is 492 g/mol. The molecule has 12 heteroatoms. The molecule has 2 aromatic rings. The minimum Gasteiger partial charge on any atom is -0.292 e. The van der Waals surface area contributed by atoms with Crippen LogP contribution in [0, 0.1) is 32.1 Å². The molecule has 2 aliphatic rings. The lowest BCUT2D eigenvalue weighted by Gasteiger charge is -2.30. The van der Waals surface area contributed by atoms with Crippen LogP contribution in [0.3, 0.4) is 0 Å². The van der Waals surface area contributed by atoms with E-state index in [1.807, 2.05) is 13.0 Å². The Morgan fingerprint density at radius 3 is 2.22 bits per heavy atom. The number of non-ortho nitro benzene ring substituents is 2. The molecule has 2 atom stereocenters. The van der Waals surface area contributed by atoms with Crippen LogP contribution >= 0.6 is 0 Å². The summed E-state index contributed by atoms with van der Waals surface area (Å²) in [6.07, 6.45) is 2.50. The SMILES string of the molecule is CC1=CC[C@@H]2C(=O)N(N(CC(=O)c3ccc([N+](=O)[O-])cc3)C(=O)c3cccc([N+](=O)[O-])c3)C(=O)[C@H]2C1. The molecule has 0 spiro atoms. The Labute approximate surface area is 204 Å². The van der Waals surface area contributed by atoms with E-state index in [0.29, 0.717) is 22.9 Å². The van der Waals surface area contributed by atoms with Crippen molar-refractivity contribution in [1.82, 2.24) is 10.0 Å². The van der Waals surface area contributed by atoms with Gasteiger partial charge in [0.05, 0.1) is 21.7 Å². The summed E-state index contributed by atoms with van der Waals surface area (Å²) in [6, 6.07) is 9.39. The molecule has 1 aliphatic carbocycles. The number of imide groups is 1. The third-order valence-corrected chi connectivity index (χ3v) is 6.27. The number of benzene rings is 2. The Kier molecular flexibility index (Phi) is 6.43. The number of nitrogens with zero attached hydrogens (tertiary/aromatic N) is 4. The van der Waals surface area contributed by atoms with Gasteiger partial charge < -0.3 is 0 Å². The monoisotopic (exact) mass is 492 g/mol. The lowest BCUT2D eigenvalue weighted by atomic mass is 9.82. The van der Waals surface area contributed by atoms with Gasteiger partial charge in [-0.25, -0.2) is 5.01 Å². The number of nitro benzene ring substituents is 2. The minimum absolute atomic E-state index is 0.0199. The maximum Gasteiger partial charge on any atom is 0.273 e. The second-order valence-corrected chi connectivity index (χ2v) is 8.59. The Hall–Kier alpha value is -4.74. The summed E-state index contributed by atoms with van der Waals surface area (Å²) in [5, 5.41) is 23.5. The van der Waals surface area contributed by atoms with Gasteiger partial charge in [0.1, 0.15) is 6.54 Å². The topological polar surface area (TPSA) is 161 Å². The van der Waals surface area contributed by atoms with Crippen molar-refractivity contribution < 1.29 is 29.0 Å². The van der Waals surface area contributed by atoms with Crippen molar-refractivity contribution in [2.45, 2.75) is 19.8 Å². The van der Waals surface area contributed by atoms with Crippen molar-refractivity contribution in [3.05, 3.63) is 91.5 Å². The van der Waals surface area contributed by atoms with Gasteiger partial charge in [-0.15, -0.1) is 0 Å². The molecule has 1 heterocycles. The van der Waals surface area contributed by atoms with E-state index in [-0.39, 0.29) is 22.5 Å². The van der Waals surface area contributed by atoms with Gasteiger partial charge >= 0.3 is 0 Å². The molecule has 0 N–H and O–H groups in total. The van der Waals surface area contributed by atoms with E-state index in [1.54, 1.807) is 0 Å². The van der Waals surface area contributed by atoms with Gasteiger partial charge in [-0.1, -0.05) is 17.7 Å². The van der Waals surface area contributed by atoms with Crippen molar-refractivity contribution in [3.8, 4) is 0 Å². The van der Waals surface area contributed by atoms with Crippen LogP contribution in [0.4, 0.5) is 11.4 Å². The maximum absolute atomic E-state index is 13.5. The molecule has 2 aromatic carbocycles. The van der Waals surface area contributed by atoms with E-state index in [2.05, 4.69) is 0 Å². The standard InChI is InChI=1S/C24H20N4O8/c1-14-5-10-19-20(11-14)24(32)26(23(19)31)25(22(30)16-3-2-4-18(12-16)28(35)36)13-21(29)15-6-8-17(9-7-15)27(33)34/h2-9,12,19-20H,10-11,13H2,1H3/t19-,20-/m0/s1. The third kappa shape index (κ3) is 4.48. The fraction of sp³-hybridized carbons (Fsp3) is 0.250. The fourth-order valence-corrected chi connectivity index (χ4v) is 4.39. The Bertz CT molecular complexity index is 1330. The summed E-state index contributed by atoms with van der Waals surface area (Å²) in [7, 11) is 0. The summed E-state index contributed by atoms with van der Waals surface area (Å²) in [6.45, 7) is 1.10. The first-order valence-electron chi connectivity index (χ1n) is 11.0. The molecule has 0 bridgehead atoms. The van der Waals surface area contributed by atoms with Crippen molar-refractivity contribution in [1.29, 1.82) is 0 Å². The van der Waals surface area contributed by atoms with E-state index < -0.39 is 51.7 Å². The van der Waals surface area contributed by atoms with E-state index in [0.717, 1.165) is 23.8 Å². The molecule has 12 nitrogen and oxygen atoms in total. The number of rotatable bonds is 7. The van der Waals surface area contributed by atoms with Crippen LogP contribution in [0.25, 0.3) is 0 Å². The number of nitro groups is 2. The number of allylic oxidation sites excluding steroid dienone is 2. The Morgan fingerprint density at radius 1 is 0.944 bits per heavy atom. The van der Waals surface area contributed by atoms with E-state index in [9.17, 15) is 39.4 Å². The third-order valence-electron chi connectivity index (χ3n) is 6.27. The van der Waals surface area contributed by atoms with E-state index >= 15 is 0 Å². The number of hydrogen-bond donors (Lipinski definition) is 0. The van der Waals surface area contributed by atoms with E-state index in [4.69, 9.17) is 0 Å². The summed E-state index contributed by atoms with van der Waals surface area (Å²) in [5.74, 6) is -4.27. The quantitative estimate of drug-likeness (QED) is 0.187. The predicted molar refractivity (Wildman–Crippen MR) is 123 cm³/mol. The number of hydrazine groups is 1. The zero-order valence-electron chi connectivity index (χ0n) is 19.0. The highest BCUT2D eigenvalue weighted by Crippen LogP contribution is 2.38. The molecule has 1 aliphatic heterocycles. The van der Waals surface area contributed by atoms with Gasteiger partial charge in [0.25, 0.3) is 29.1 Å². The Balaban J connectivity index is 1.70. The molecule has 36 heavy (non-hydrogen) atoms. The maximum atomic E-state index is 13.5. The first-order chi connectivity index (χ1) is 17.1. The highest BCUT2D eigenvalue weighted by atomic mass is 16.6. The highest BCUT2D eigenvalue weighted by Gasteiger charge is 2.51. The lowest BCUT2D eigenvalue weighted by molar-refractivity contribution is -0.385. The van der Waals surface area contributed by atoms with Gasteiger partial charge in [-0.05, 0) is 38.0 Å². The van der Waals surface area contributed by atoms with Crippen LogP contribution in [-0.4, -0.2) is 49.9 Å².